The van der Waals surface area contributed by atoms with Gasteiger partial charge in [-0.2, -0.15) is 0 Å². The minimum absolute atomic E-state index is 0.328. The van der Waals surface area contributed by atoms with Crippen molar-refractivity contribution in [1.82, 2.24) is 15.1 Å². The van der Waals surface area contributed by atoms with Crippen LogP contribution in [-0.4, -0.2) is 61.0 Å². The summed E-state index contributed by atoms with van der Waals surface area (Å²) >= 11 is 0. The summed E-state index contributed by atoms with van der Waals surface area (Å²) in [7, 11) is 2.02. The van der Waals surface area contributed by atoms with Gasteiger partial charge in [-0.3, -0.25) is 9.69 Å². The van der Waals surface area contributed by atoms with Crippen LogP contribution in [0, 0.1) is 11.8 Å². The third-order valence-corrected chi connectivity index (χ3v) is 6.27. The van der Waals surface area contributed by atoms with Gasteiger partial charge in [0.15, 0.2) is 0 Å². The van der Waals surface area contributed by atoms with Crippen LogP contribution in [0.1, 0.15) is 58.3 Å². The monoisotopic (exact) mass is 321 g/mol. The molecule has 1 N–H and O–H groups in total. The summed E-state index contributed by atoms with van der Waals surface area (Å²) in [5.74, 6) is 2.13. The Balaban J connectivity index is 1.35. The minimum Gasteiger partial charge on any atom is -0.342 e. The fourth-order valence-electron chi connectivity index (χ4n) is 4.09. The first-order chi connectivity index (χ1) is 11.1. The molecule has 0 aromatic rings. The van der Waals surface area contributed by atoms with Gasteiger partial charge in [-0.25, -0.2) is 0 Å². The fourth-order valence-corrected chi connectivity index (χ4v) is 4.09. The molecular weight excluding hydrogens is 286 g/mol. The van der Waals surface area contributed by atoms with E-state index in [1.165, 1.54) is 57.9 Å². The van der Waals surface area contributed by atoms with Crippen molar-refractivity contribution in [2.24, 2.45) is 11.8 Å². The van der Waals surface area contributed by atoms with Crippen molar-refractivity contribution in [3.05, 3.63) is 0 Å². The highest BCUT2D eigenvalue weighted by atomic mass is 16.2. The maximum atomic E-state index is 12.6. The molecule has 0 aromatic carbocycles. The second-order valence-electron chi connectivity index (χ2n) is 8.32. The third-order valence-electron chi connectivity index (χ3n) is 6.27. The Morgan fingerprint density at radius 3 is 2.30 bits per heavy atom. The molecule has 132 valence electrons. The summed E-state index contributed by atoms with van der Waals surface area (Å²) < 4.78 is 0. The number of amides is 1. The summed E-state index contributed by atoms with van der Waals surface area (Å²) in [4.78, 5) is 17.0. The van der Waals surface area contributed by atoms with Crippen molar-refractivity contribution in [3.63, 3.8) is 0 Å². The molecule has 0 spiro atoms. The highest BCUT2D eigenvalue weighted by Crippen LogP contribution is 2.28. The summed E-state index contributed by atoms with van der Waals surface area (Å²) in [6, 6.07) is 1.16. The van der Waals surface area contributed by atoms with Crippen LogP contribution in [-0.2, 0) is 4.79 Å². The van der Waals surface area contributed by atoms with E-state index in [9.17, 15) is 4.79 Å². The Kier molecular flexibility index (Phi) is 5.97. The van der Waals surface area contributed by atoms with E-state index in [-0.39, 0.29) is 0 Å². The van der Waals surface area contributed by atoms with Gasteiger partial charge in [-0.05, 0) is 69.7 Å². The molecule has 0 atom stereocenters. The van der Waals surface area contributed by atoms with Crippen LogP contribution in [0.2, 0.25) is 0 Å². The fraction of sp³-hybridized carbons (Fsp3) is 0.947. The molecule has 3 rings (SSSR count). The molecular formula is C19H35N3O. The van der Waals surface area contributed by atoms with E-state index < -0.39 is 0 Å². The number of piperidine rings is 1. The largest absolute Gasteiger partial charge is 0.342 e. The lowest BCUT2D eigenvalue weighted by Crippen LogP contribution is -2.48. The van der Waals surface area contributed by atoms with Gasteiger partial charge in [-0.15, -0.1) is 0 Å². The van der Waals surface area contributed by atoms with Crippen molar-refractivity contribution >= 4 is 5.91 Å². The van der Waals surface area contributed by atoms with E-state index in [0.29, 0.717) is 24.5 Å². The quantitative estimate of drug-likeness (QED) is 0.816. The van der Waals surface area contributed by atoms with Crippen LogP contribution in [0.15, 0.2) is 0 Å². The Morgan fingerprint density at radius 1 is 1.04 bits per heavy atom. The summed E-state index contributed by atoms with van der Waals surface area (Å²) in [6.07, 6.45) is 10.2. The molecule has 3 fully saturated rings. The van der Waals surface area contributed by atoms with E-state index in [1.807, 2.05) is 11.9 Å². The maximum absolute atomic E-state index is 12.6. The van der Waals surface area contributed by atoms with Crippen LogP contribution < -0.4 is 5.32 Å². The first kappa shape index (κ1) is 17.2. The second kappa shape index (κ2) is 7.98. The van der Waals surface area contributed by atoms with Crippen molar-refractivity contribution in [2.45, 2.75) is 70.4 Å². The normalized spacial score (nSPS) is 30.3. The summed E-state index contributed by atoms with van der Waals surface area (Å²) in [5, 5.41) is 3.71. The van der Waals surface area contributed by atoms with Gasteiger partial charge in [0.1, 0.15) is 0 Å². The Hall–Kier alpha value is -0.610. The molecule has 4 heteroatoms. The molecule has 23 heavy (non-hydrogen) atoms. The molecule has 2 saturated carbocycles. The zero-order valence-electron chi connectivity index (χ0n) is 15.1. The van der Waals surface area contributed by atoms with Gasteiger partial charge in [-0.1, -0.05) is 6.92 Å². The maximum Gasteiger partial charge on any atom is 0.236 e. The molecule has 1 amide bonds. The second-order valence-corrected chi connectivity index (χ2v) is 8.32. The average Bonchev–Trinajstić information content (AvgIpc) is 3.38. The number of nitrogens with one attached hydrogen (secondary N) is 1. The van der Waals surface area contributed by atoms with Crippen molar-refractivity contribution in [3.8, 4) is 0 Å². The smallest absolute Gasteiger partial charge is 0.236 e. The van der Waals surface area contributed by atoms with Gasteiger partial charge in [0.05, 0.1) is 6.54 Å². The van der Waals surface area contributed by atoms with E-state index >= 15 is 0 Å². The van der Waals surface area contributed by atoms with E-state index in [4.69, 9.17) is 0 Å². The molecule has 1 saturated heterocycles. The van der Waals surface area contributed by atoms with Crippen LogP contribution in [0.3, 0.4) is 0 Å². The van der Waals surface area contributed by atoms with E-state index in [2.05, 4.69) is 17.1 Å². The number of nitrogens with zero attached hydrogens (tertiary/aromatic N) is 2. The molecule has 0 aromatic heterocycles. The highest BCUT2D eigenvalue weighted by Gasteiger charge is 2.28. The molecule has 3 aliphatic rings. The molecule has 1 aliphatic heterocycles. The molecule has 2 aliphatic carbocycles. The lowest BCUT2D eigenvalue weighted by molar-refractivity contribution is -0.134. The number of hydrogen-bond donors (Lipinski definition) is 1. The lowest BCUT2D eigenvalue weighted by Gasteiger charge is -2.36. The Labute approximate surface area is 142 Å². The number of carbonyl (C=O) groups is 1. The number of hydrogen-bond acceptors (Lipinski definition) is 3. The van der Waals surface area contributed by atoms with Gasteiger partial charge < -0.3 is 10.2 Å². The van der Waals surface area contributed by atoms with Crippen molar-refractivity contribution in [2.75, 3.05) is 33.2 Å². The summed E-state index contributed by atoms with van der Waals surface area (Å²) in [5.41, 5.74) is 0. The Bertz CT molecular complexity index is 380. The van der Waals surface area contributed by atoms with Crippen molar-refractivity contribution in [1.29, 1.82) is 0 Å². The van der Waals surface area contributed by atoms with Crippen LogP contribution >= 0.6 is 0 Å². The van der Waals surface area contributed by atoms with Gasteiger partial charge >= 0.3 is 0 Å². The summed E-state index contributed by atoms with van der Waals surface area (Å²) in [6.45, 7) is 6.32. The van der Waals surface area contributed by atoms with Crippen molar-refractivity contribution < 1.29 is 4.79 Å². The standard InChI is InChI=1S/C19H35N3O/c1-15-3-7-18(8-4-15)21(2)19(23)14-22-11-9-17(10-12-22)20-13-16-5-6-16/h15-18,20H,3-14H2,1-2H3. The SMILES string of the molecule is CC1CCC(N(C)C(=O)CN2CCC(NCC3CC3)CC2)CC1. The number of carbonyl (C=O) groups excluding carboxylic acids is 1. The minimum atomic E-state index is 0.328. The first-order valence-electron chi connectivity index (χ1n) is 9.83. The van der Waals surface area contributed by atoms with Crippen LogP contribution in [0.4, 0.5) is 0 Å². The zero-order valence-corrected chi connectivity index (χ0v) is 15.1. The molecule has 0 bridgehead atoms. The topological polar surface area (TPSA) is 35.6 Å². The predicted octanol–water partition coefficient (Wildman–Crippen LogP) is 2.49. The molecule has 4 nitrogen and oxygen atoms in total. The predicted molar refractivity (Wildman–Crippen MR) is 94.4 cm³/mol. The van der Waals surface area contributed by atoms with Gasteiger partial charge in [0.2, 0.25) is 5.91 Å². The third kappa shape index (κ3) is 5.18. The zero-order chi connectivity index (χ0) is 16.2. The van der Waals surface area contributed by atoms with Crippen LogP contribution in [0.25, 0.3) is 0 Å². The highest BCUT2D eigenvalue weighted by molar-refractivity contribution is 5.78. The molecule has 0 unspecified atom stereocenters. The average molecular weight is 322 g/mol. The van der Waals surface area contributed by atoms with Gasteiger partial charge in [0, 0.05) is 32.2 Å². The Morgan fingerprint density at radius 2 is 1.70 bits per heavy atom. The first-order valence-corrected chi connectivity index (χ1v) is 9.83. The number of likely N-dealkylation sites (tertiary alicyclic amines) is 1. The number of likely N-dealkylation sites (N-methyl/N-ethyl adjacent to an activating group) is 1. The number of rotatable bonds is 6. The molecule has 1 heterocycles. The lowest BCUT2D eigenvalue weighted by atomic mass is 9.87. The van der Waals surface area contributed by atoms with Gasteiger partial charge in [0.25, 0.3) is 0 Å². The van der Waals surface area contributed by atoms with E-state index in [0.717, 1.165) is 24.9 Å². The molecule has 0 radical (unpaired) electrons. The van der Waals surface area contributed by atoms with Crippen LogP contribution in [0.5, 0.6) is 0 Å². The van der Waals surface area contributed by atoms with E-state index in [1.54, 1.807) is 0 Å².